The first-order valence-electron chi connectivity index (χ1n) is 3.35. The molecule has 0 bridgehead atoms. The minimum absolute atomic E-state index is 0.102. The van der Waals surface area contributed by atoms with E-state index in [1.807, 2.05) is 0 Å². The van der Waals surface area contributed by atoms with Gasteiger partial charge in [-0.2, -0.15) is 0 Å². The Labute approximate surface area is 69.0 Å². The number of aliphatic hydroxyl groups is 1. The number of benzene rings is 1. The molecule has 0 aromatic heterocycles. The molecule has 4 heteroatoms. The smallest absolute Gasteiger partial charge is 0.161 e. The summed E-state index contributed by atoms with van der Waals surface area (Å²) in [4.78, 5) is 0. The van der Waals surface area contributed by atoms with Crippen molar-refractivity contribution in [1.82, 2.24) is 0 Å². The Morgan fingerprint density at radius 3 is 2.67 bits per heavy atom. The van der Waals surface area contributed by atoms with Gasteiger partial charge in [-0.15, -0.1) is 0 Å². The number of phenols is 1. The standard InChI is InChI=1S/C8H9FO3/c1-12-8-2-5(4-10)6(9)3-7(8)11/h2-3,10-11H,4H2,1H3. The fourth-order valence-corrected chi connectivity index (χ4v) is 0.870. The minimum atomic E-state index is -0.643. The zero-order chi connectivity index (χ0) is 9.14. The molecule has 1 aromatic rings. The van der Waals surface area contributed by atoms with Gasteiger partial charge in [0.25, 0.3) is 0 Å². The lowest BCUT2D eigenvalue weighted by atomic mass is 10.2. The van der Waals surface area contributed by atoms with E-state index in [0.717, 1.165) is 6.07 Å². The second kappa shape index (κ2) is 3.40. The fourth-order valence-electron chi connectivity index (χ4n) is 0.870. The molecule has 0 saturated carbocycles. The minimum Gasteiger partial charge on any atom is -0.504 e. The molecule has 66 valence electrons. The van der Waals surface area contributed by atoms with Crippen molar-refractivity contribution in [2.24, 2.45) is 0 Å². The maximum Gasteiger partial charge on any atom is 0.161 e. The number of aliphatic hydroxyl groups excluding tert-OH is 1. The molecule has 0 radical (unpaired) electrons. The van der Waals surface area contributed by atoms with E-state index in [4.69, 9.17) is 14.9 Å². The van der Waals surface area contributed by atoms with E-state index >= 15 is 0 Å². The zero-order valence-corrected chi connectivity index (χ0v) is 6.54. The average Bonchev–Trinajstić information content (AvgIpc) is 2.05. The van der Waals surface area contributed by atoms with Crippen molar-refractivity contribution in [2.45, 2.75) is 6.61 Å². The third kappa shape index (κ3) is 1.48. The van der Waals surface area contributed by atoms with Crippen LogP contribution in [0.15, 0.2) is 12.1 Å². The summed E-state index contributed by atoms with van der Waals surface area (Å²) in [5.74, 6) is -0.761. The first-order chi connectivity index (χ1) is 5.69. The van der Waals surface area contributed by atoms with Gasteiger partial charge < -0.3 is 14.9 Å². The van der Waals surface area contributed by atoms with Crippen molar-refractivity contribution in [2.75, 3.05) is 7.11 Å². The van der Waals surface area contributed by atoms with Crippen molar-refractivity contribution in [1.29, 1.82) is 0 Å². The molecule has 0 aliphatic carbocycles. The average molecular weight is 172 g/mol. The lowest BCUT2D eigenvalue weighted by Crippen LogP contribution is -1.92. The van der Waals surface area contributed by atoms with E-state index in [1.165, 1.54) is 13.2 Å². The number of aromatic hydroxyl groups is 1. The summed E-state index contributed by atoms with van der Waals surface area (Å²) in [6.07, 6.45) is 0. The quantitative estimate of drug-likeness (QED) is 0.700. The molecule has 0 heterocycles. The molecule has 0 aliphatic rings. The monoisotopic (exact) mass is 172 g/mol. The summed E-state index contributed by atoms with van der Waals surface area (Å²) in [6, 6.07) is 2.16. The molecule has 12 heavy (non-hydrogen) atoms. The zero-order valence-electron chi connectivity index (χ0n) is 6.54. The predicted octanol–water partition coefficient (Wildman–Crippen LogP) is 1.03. The van der Waals surface area contributed by atoms with Crippen LogP contribution in [0.3, 0.4) is 0 Å². The second-order valence-corrected chi connectivity index (χ2v) is 2.27. The molecule has 0 saturated heterocycles. The van der Waals surface area contributed by atoms with Gasteiger partial charge in [0.2, 0.25) is 0 Å². The van der Waals surface area contributed by atoms with Crippen molar-refractivity contribution >= 4 is 0 Å². The molecule has 0 fully saturated rings. The van der Waals surface area contributed by atoms with Crippen molar-refractivity contribution in [3.05, 3.63) is 23.5 Å². The highest BCUT2D eigenvalue weighted by atomic mass is 19.1. The predicted molar refractivity (Wildman–Crippen MR) is 40.5 cm³/mol. The molecule has 0 atom stereocenters. The molecular weight excluding hydrogens is 163 g/mol. The van der Waals surface area contributed by atoms with Crippen molar-refractivity contribution < 1.29 is 19.3 Å². The van der Waals surface area contributed by atoms with Gasteiger partial charge in [0.15, 0.2) is 11.5 Å². The van der Waals surface area contributed by atoms with E-state index in [2.05, 4.69) is 0 Å². The molecule has 1 aromatic carbocycles. The highest BCUT2D eigenvalue weighted by Gasteiger charge is 2.07. The van der Waals surface area contributed by atoms with Crippen LogP contribution in [-0.4, -0.2) is 17.3 Å². The molecule has 0 amide bonds. The van der Waals surface area contributed by atoms with Crippen LogP contribution in [0, 0.1) is 5.82 Å². The van der Waals surface area contributed by atoms with Gasteiger partial charge in [-0.3, -0.25) is 0 Å². The highest BCUT2D eigenvalue weighted by Crippen LogP contribution is 2.28. The maximum absolute atomic E-state index is 12.8. The summed E-state index contributed by atoms with van der Waals surface area (Å²) in [5.41, 5.74) is 0.102. The van der Waals surface area contributed by atoms with Crippen LogP contribution in [0.2, 0.25) is 0 Å². The summed E-state index contributed by atoms with van der Waals surface area (Å²) in [7, 11) is 1.36. The van der Waals surface area contributed by atoms with E-state index in [9.17, 15) is 4.39 Å². The van der Waals surface area contributed by atoms with Gasteiger partial charge in [-0.05, 0) is 6.07 Å². The van der Waals surface area contributed by atoms with Gasteiger partial charge >= 0.3 is 0 Å². The normalized spacial score (nSPS) is 9.92. The number of phenolic OH excluding ortho intramolecular Hbond substituents is 1. The first kappa shape index (κ1) is 8.80. The Kier molecular flexibility index (Phi) is 2.50. The molecule has 0 spiro atoms. The van der Waals surface area contributed by atoms with Crippen LogP contribution in [0.25, 0.3) is 0 Å². The SMILES string of the molecule is COc1cc(CO)c(F)cc1O. The molecule has 1 rings (SSSR count). The molecule has 0 aliphatic heterocycles. The Morgan fingerprint density at radius 1 is 1.50 bits per heavy atom. The number of rotatable bonds is 2. The van der Waals surface area contributed by atoms with Crippen molar-refractivity contribution in [3.63, 3.8) is 0 Å². The van der Waals surface area contributed by atoms with Crippen LogP contribution in [0.5, 0.6) is 11.5 Å². The maximum atomic E-state index is 12.8. The van der Waals surface area contributed by atoms with Gasteiger partial charge in [0.1, 0.15) is 5.82 Å². The van der Waals surface area contributed by atoms with E-state index < -0.39 is 12.4 Å². The fraction of sp³-hybridized carbons (Fsp3) is 0.250. The van der Waals surface area contributed by atoms with E-state index in [-0.39, 0.29) is 17.1 Å². The van der Waals surface area contributed by atoms with Crippen LogP contribution >= 0.6 is 0 Å². The summed E-state index contributed by atoms with van der Waals surface area (Å²) in [5, 5.41) is 17.7. The molecule has 0 unspecified atom stereocenters. The summed E-state index contributed by atoms with van der Waals surface area (Å²) >= 11 is 0. The Bertz CT molecular complexity index is 261. The summed E-state index contributed by atoms with van der Waals surface area (Å²) < 4.78 is 17.5. The van der Waals surface area contributed by atoms with Crippen LogP contribution in [0.4, 0.5) is 4.39 Å². The summed E-state index contributed by atoms with van der Waals surface area (Å²) in [6.45, 7) is -0.414. The van der Waals surface area contributed by atoms with Crippen molar-refractivity contribution in [3.8, 4) is 11.5 Å². The van der Waals surface area contributed by atoms with Gasteiger partial charge in [0.05, 0.1) is 13.7 Å². The van der Waals surface area contributed by atoms with Crippen LogP contribution < -0.4 is 4.74 Å². The van der Waals surface area contributed by atoms with Crippen LogP contribution in [0.1, 0.15) is 5.56 Å². The lowest BCUT2D eigenvalue weighted by Gasteiger charge is -2.05. The van der Waals surface area contributed by atoms with E-state index in [0.29, 0.717) is 0 Å². The van der Waals surface area contributed by atoms with Crippen LogP contribution in [-0.2, 0) is 6.61 Å². The number of methoxy groups -OCH3 is 1. The Hall–Kier alpha value is -1.29. The Balaban J connectivity index is 3.18. The number of hydrogen-bond donors (Lipinski definition) is 2. The highest BCUT2D eigenvalue weighted by molar-refractivity contribution is 5.42. The second-order valence-electron chi connectivity index (χ2n) is 2.27. The number of ether oxygens (including phenoxy) is 1. The number of hydrogen-bond acceptors (Lipinski definition) is 3. The molecule has 3 nitrogen and oxygen atoms in total. The first-order valence-corrected chi connectivity index (χ1v) is 3.35. The molecule has 2 N–H and O–H groups in total. The largest absolute Gasteiger partial charge is 0.504 e. The lowest BCUT2D eigenvalue weighted by molar-refractivity contribution is 0.273. The van der Waals surface area contributed by atoms with Gasteiger partial charge in [0, 0.05) is 11.6 Å². The van der Waals surface area contributed by atoms with E-state index in [1.54, 1.807) is 0 Å². The molecular formula is C8H9FO3. The topological polar surface area (TPSA) is 49.7 Å². The van der Waals surface area contributed by atoms with Gasteiger partial charge in [-0.1, -0.05) is 0 Å². The third-order valence-corrected chi connectivity index (χ3v) is 1.52. The Morgan fingerprint density at radius 2 is 2.17 bits per heavy atom. The third-order valence-electron chi connectivity index (χ3n) is 1.52. The number of halogens is 1. The van der Waals surface area contributed by atoms with Gasteiger partial charge in [-0.25, -0.2) is 4.39 Å².